The van der Waals surface area contributed by atoms with Crippen molar-refractivity contribution in [2.45, 2.75) is 57.1 Å². The molecule has 0 aromatic heterocycles. The van der Waals surface area contributed by atoms with Crippen LogP contribution in [0.25, 0.3) is 0 Å². The number of nitrogens with two attached hydrogens (primary N) is 1. The van der Waals surface area contributed by atoms with Crippen LogP contribution < -0.4 is 5.73 Å². The second kappa shape index (κ2) is 5.67. The first-order valence-electron chi connectivity index (χ1n) is 6.45. The van der Waals surface area contributed by atoms with E-state index in [4.69, 9.17) is 22.7 Å². The summed E-state index contributed by atoms with van der Waals surface area (Å²) in [7, 11) is 0. The summed E-state index contributed by atoms with van der Waals surface area (Å²) in [5.74, 6) is -0.137. The van der Waals surface area contributed by atoms with E-state index >= 15 is 0 Å². The molecule has 0 bridgehead atoms. The highest BCUT2D eigenvalue weighted by molar-refractivity contribution is 7.80. The summed E-state index contributed by atoms with van der Waals surface area (Å²) >= 11 is 4.95. The van der Waals surface area contributed by atoms with Crippen LogP contribution in [-0.2, 0) is 9.53 Å². The molecule has 2 fully saturated rings. The van der Waals surface area contributed by atoms with Crippen LogP contribution in [0.3, 0.4) is 0 Å². The number of thiocarbonyl (C=S) groups is 1. The Labute approximate surface area is 107 Å². The van der Waals surface area contributed by atoms with Gasteiger partial charge in [0, 0.05) is 6.54 Å². The van der Waals surface area contributed by atoms with Crippen LogP contribution in [0, 0.1) is 0 Å². The molecule has 1 saturated heterocycles. The fourth-order valence-corrected chi connectivity index (χ4v) is 2.92. The molecule has 0 radical (unpaired) electrons. The SMILES string of the molecule is NC(=S)N1CCCC1C(=O)OC1CCCCC1. The minimum Gasteiger partial charge on any atom is -0.461 e. The Kier molecular flexibility index (Phi) is 4.20. The highest BCUT2D eigenvalue weighted by atomic mass is 32.1. The molecule has 2 aliphatic rings. The van der Waals surface area contributed by atoms with E-state index in [9.17, 15) is 4.79 Å². The maximum Gasteiger partial charge on any atom is 0.329 e. The lowest BCUT2D eigenvalue weighted by molar-refractivity contribution is -0.154. The lowest BCUT2D eigenvalue weighted by atomic mass is 9.98. The van der Waals surface area contributed by atoms with Crippen molar-refractivity contribution >= 4 is 23.3 Å². The van der Waals surface area contributed by atoms with E-state index in [2.05, 4.69) is 0 Å². The normalized spacial score (nSPS) is 25.9. The lowest BCUT2D eigenvalue weighted by Crippen LogP contribution is -2.45. The standard InChI is InChI=1S/C12H20N2O2S/c13-12(17)14-8-4-7-10(14)11(15)16-9-5-2-1-3-6-9/h9-10H,1-8H2,(H2,13,17). The Hall–Kier alpha value is -0.840. The monoisotopic (exact) mass is 256 g/mol. The van der Waals surface area contributed by atoms with Gasteiger partial charge in [0.2, 0.25) is 0 Å². The first-order chi connectivity index (χ1) is 8.18. The molecule has 0 aromatic carbocycles. The zero-order valence-electron chi connectivity index (χ0n) is 10.1. The maximum absolute atomic E-state index is 12.0. The summed E-state index contributed by atoms with van der Waals surface area (Å²) < 4.78 is 5.56. The van der Waals surface area contributed by atoms with Gasteiger partial charge in [0.25, 0.3) is 0 Å². The number of carbonyl (C=O) groups excluding carboxylic acids is 1. The van der Waals surface area contributed by atoms with Crippen molar-refractivity contribution in [3.05, 3.63) is 0 Å². The third-order valence-corrected chi connectivity index (χ3v) is 3.88. The first kappa shape index (κ1) is 12.6. The minimum absolute atomic E-state index is 0.116. The van der Waals surface area contributed by atoms with Crippen LogP contribution in [0.1, 0.15) is 44.9 Å². The molecular formula is C12H20N2O2S. The van der Waals surface area contributed by atoms with Crippen LogP contribution in [0.5, 0.6) is 0 Å². The van der Waals surface area contributed by atoms with Gasteiger partial charge in [-0.1, -0.05) is 6.42 Å². The fraction of sp³-hybridized carbons (Fsp3) is 0.833. The van der Waals surface area contributed by atoms with Crippen LogP contribution >= 0.6 is 12.2 Å². The van der Waals surface area contributed by atoms with E-state index in [-0.39, 0.29) is 18.1 Å². The summed E-state index contributed by atoms with van der Waals surface area (Å²) in [5.41, 5.74) is 5.61. The molecule has 0 amide bonds. The number of likely N-dealkylation sites (tertiary alicyclic amines) is 1. The average molecular weight is 256 g/mol. The molecule has 5 heteroatoms. The predicted molar refractivity (Wildman–Crippen MR) is 69.5 cm³/mol. The summed E-state index contributed by atoms with van der Waals surface area (Å²) in [6.45, 7) is 0.778. The molecule has 4 nitrogen and oxygen atoms in total. The van der Waals surface area contributed by atoms with E-state index in [0.717, 1.165) is 32.2 Å². The fourth-order valence-electron chi connectivity index (χ4n) is 2.70. The molecule has 1 heterocycles. The van der Waals surface area contributed by atoms with Crippen molar-refractivity contribution < 1.29 is 9.53 Å². The molecule has 1 aliphatic heterocycles. The van der Waals surface area contributed by atoms with Gasteiger partial charge in [-0.2, -0.15) is 0 Å². The Morgan fingerprint density at radius 2 is 1.88 bits per heavy atom. The summed E-state index contributed by atoms with van der Waals surface area (Å²) in [6.07, 6.45) is 7.49. The zero-order valence-corrected chi connectivity index (χ0v) is 10.9. The van der Waals surface area contributed by atoms with Gasteiger partial charge in [-0.3, -0.25) is 0 Å². The number of hydrogen-bond acceptors (Lipinski definition) is 3. The van der Waals surface area contributed by atoms with Gasteiger partial charge in [0.05, 0.1) is 0 Å². The number of rotatable bonds is 2. The Morgan fingerprint density at radius 3 is 2.53 bits per heavy atom. The molecule has 2 N–H and O–H groups in total. The summed E-state index contributed by atoms with van der Waals surface area (Å²) in [6, 6.07) is -0.241. The van der Waals surface area contributed by atoms with Crippen molar-refractivity contribution in [3.63, 3.8) is 0 Å². The Balaban J connectivity index is 1.88. The van der Waals surface area contributed by atoms with Crippen LogP contribution in [0.2, 0.25) is 0 Å². The van der Waals surface area contributed by atoms with Crippen molar-refractivity contribution in [1.82, 2.24) is 4.90 Å². The maximum atomic E-state index is 12.0. The summed E-state index contributed by atoms with van der Waals surface area (Å²) in [4.78, 5) is 13.8. The number of carbonyl (C=O) groups is 1. The third kappa shape index (κ3) is 3.09. The number of hydrogen-bond donors (Lipinski definition) is 1. The quantitative estimate of drug-likeness (QED) is 0.600. The zero-order chi connectivity index (χ0) is 12.3. The molecule has 1 aliphatic carbocycles. The van der Waals surface area contributed by atoms with Gasteiger partial charge < -0.3 is 15.4 Å². The van der Waals surface area contributed by atoms with Gasteiger partial charge in [0.15, 0.2) is 5.11 Å². The van der Waals surface area contributed by atoms with E-state index < -0.39 is 0 Å². The van der Waals surface area contributed by atoms with Crippen molar-refractivity contribution in [3.8, 4) is 0 Å². The third-order valence-electron chi connectivity index (χ3n) is 3.64. The van der Waals surface area contributed by atoms with Gasteiger partial charge in [-0.25, -0.2) is 4.79 Å². The van der Waals surface area contributed by atoms with Gasteiger partial charge in [0.1, 0.15) is 12.1 Å². The predicted octanol–water partition coefficient (Wildman–Crippen LogP) is 1.57. The molecule has 1 saturated carbocycles. The van der Waals surface area contributed by atoms with Crippen LogP contribution in [0.15, 0.2) is 0 Å². The molecule has 1 atom stereocenters. The average Bonchev–Trinajstić information content (AvgIpc) is 2.79. The smallest absolute Gasteiger partial charge is 0.329 e. The molecule has 2 rings (SSSR count). The minimum atomic E-state index is -0.241. The number of nitrogens with zero attached hydrogens (tertiary/aromatic N) is 1. The highest BCUT2D eigenvalue weighted by Gasteiger charge is 2.34. The van der Waals surface area contributed by atoms with Crippen molar-refractivity contribution in [2.75, 3.05) is 6.54 Å². The Bertz CT molecular complexity index is 303. The highest BCUT2D eigenvalue weighted by Crippen LogP contribution is 2.23. The van der Waals surface area contributed by atoms with Crippen LogP contribution in [-0.4, -0.2) is 34.7 Å². The molecule has 0 aromatic rings. The second-order valence-corrected chi connectivity index (χ2v) is 5.30. The largest absolute Gasteiger partial charge is 0.461 e. The van der Waals surface area contributed by atoms with Crippen LogP contribution in [0.4, 0.5) is 0 Å². The van der Waals surface area contributed by atoms with Gasteiger partial charge in [-0.15, -0.1) is 0 Å². The molecule has 0 spiro atoms. The lowest BCUT2D eigenvalue weighted by Gasteiger charge is -2.27. The van der Waals surface area contributed by atoms with Gasteiger partial charge >= 0.3 is 5.97 Å². The Morgan fingerprint density at radius 1 is 1.18 bits per heavy atom. The second-order valence-electron chi connectivity index (χ2n) is 4.89. The van der Waals surface area contributed by atoms with E-state index in [1.807, 2.05) is 0 Å². The summed E-state index contributed by atoms with van der Waals surface area (Å²) in [5, 5.41) is 0.313. The molecule has 1 unspecified atom stereocenters. The van der Waals surface area contributed by atoms with Crippen molar-refractivity contribution in [1.29, 1.82) is 0 Å². The van der Waals surface area contributed by atoms with Gasteiger partial charge in [-0.05, 0) is 50.7 Å². The first-order valence-corrected chi connectivity index (χ1v) is 6.86. The topological polar surface area (TPSA) is 55.6 Å². The van der Waals surface area contributed by atoms with Crippen molar-refractivity contribution in [2.24, 2.45) is 5.73 Å². The number of ether oxygens (including phenoxy) is 1. The number of esters is 1. The van der Waals surface area contributed by atoms with E-state index in [0.29, 0.717) is 5.11 Å². The van der Waals surface area contributed by atoms with E-state index in [1.54, 1.807) is 4.90 Å². The van der Waals surface area contributed by atoms with E-state index in [1.165, 1.54) is 19.3 Å². The molecule has 96 valence electrons. The molecular weight excluding hydrogens is 236 g/mol. The molecule has 17 heavy (non-hydrogen) atoms.